The SMILES string of the molecule is CSc1ccc(Cl)c(C(=O)Nc2ccc(N(C)C)cc2C(F)(F)F)c1. The standard InChI is InChI=1S/C17H16ClF3N2OS/c1-23(2)10-4-7-15(13(8-10)17(19,20)21)22-16(24)12-9-11(25-3)5-6-14(12)18/h4-9H,1-3H3,(H,22,24). The highest BCUT2D eigenvalue weighted by atomic mass is 35.5. The van der Waals surface area contributed by atoms with E-state index in [-0.39, 0.29) is 16.3 Å². The van der Waals surface area contributed by atoms with Gasteiger partial charge in [0.25, 0.3) is 5.91 Å². The number of nitrogens with zero attached hydrogens (tertiary/aromatic N) is 1. The molecular weight excluding hydrogens is 373 g/mol. The first-order valence-corrected chi connectivity index (χ1v) is 8.77. The van der Waals surface area contributed by atoms with Crippen molar-refractivity contribution in [3.8, 4) is 0 Å². The van der Waals surface area contributed by atoms with Crippen LogP contribution in [-0.4, -0.2) is 26.3 Å². The van der Waals surface area contributed by atoms with Crippen LogP contribution in [0.5, 0.6) is 0 Å². The average molecular weight is 389 g/mol. The zero-order chi connectivity index (χ0) is 18.8. The topological polar surface area (TPSA) is 32.3 Å². The van der Waals surface area contributed by atoms with Crippen LogP contribution >= 0.6 is 23.4 Å². The first-order valence-electron chi connectivity index (χ1n) is 7.17. The minimum absolute atomic E-state index is 0.123. The summed E-state index contributed by atoms with van der Waals surface area (Å²) in [6.45, 7) is 0. The first kappa shape index (κ1) is 19.5. The Kier molecular flexibility index (Phi) is 5.90. The van der Waals surface area contributed by atoms with Crippen molar-refractivity contribution in [3.63, 3.8) is 0 Å². The third-order valence-corrected chi connectivity index (χ3v) is 4.55. The average Bonchev–Trinajstić information content (AvgIpc) is 2.54. The number of anilines is 2. The van der Waals surface area contributed by atoms with Gasteiger partial charge in [0.15, 0.2) is 0 Å². The number of carbonyl (C=O) groups is 1. The highest BCUT2D eigenvalue weighted by Crippen LogP contribution is 2.37. The maximum atomic E-state index is 13.3. The van der Waals surface area contributed by atoms with Gasteiger partial charge in [0, 0.05) is 24.7 Å². The Labute approximate surface area is 153 Å². The number of rotatable bonds is 4. The van der Waals surface area contributed by atoms with Crippen LogP contribution in [0.3, 0.4) is 0 Å². The fourth-order valence-corrected chi connectivity index (χ4v) is 2.79. The molecule has 0 unspecified atom stereocenters. The van der Waals surface area contributed by atoms with Crippen molar-refractivity contribution in [2.24, 2.45) is 0 Å². The molecule has 8 heteroatoms. The summed E-state index contributed by atoms with van der Waals surface area (Å²) in [6, 6.07) is 8.56. The molecule has 25 heavy (non-hydrogen) atoms. The molecule has 2 aromatic carbocycles. The predicted molar refractivity (Wildman–Crippen MR) is 97.0 cm³/mol. The van der Waals surface area contributed by atoms with E-state index in [0.717, 1.165) is 11.0 Å². The Morgan fingerprint density at radius 2 is 1.84 bits per heavy atom. The monoisotopic (exact) mass is 388 g/mol. The van der Waals surface area contributed by atoms with Crippen LogP contribution in [0, 0.1) is 0 Å². The highest BCUT2D eigenvalue weighted by Gasteiger charge is 2.34. The van der Waals surface area contributed by atoms with Crippen LogP contribution in [0.15, 0.2) is 41.3 Å². The molecule has 0 radical (unpaired) electrons. The van der Waals surface area contributed by atoms with E-state index >= 15 is 0 Å². The number of nitrogens with one attached hydrogen (secondary N) is 1. The Morgan fingerprint density at radius 1 is 1.16 bits per heavy atom. The van der Waals surface area contributed by atoms with Gasteiger partial charge in [-0.25, -0.2) is 0 Å². The van der Waals surface area contributed by atoms with E-state index in [9.17, 15) is 18.0 Å². The number of benzene rings is 2. The number of amides is 1. The Hall–Kier alpha value is -1.86. The highest BCUT2D eigenvalue weighted by molar-refractivity contribution is 7.98. The Morgan fingerprint density at radius 3 is 2.40 bits per heavy atom. The van der Waals surface area contributed by atoms with E-state index in [2.05, 4.69) is 5.32 Å². The van der Waals surface area contributed by atoms with Gasteiger partial charge in [-0.3, -0.25) is 4.79 Å². The van der Waals surface area contributed by atoms with Crippen molar-refractivity contribution in [2.75, 3.05) is 30.6 Å². The predicted octanol–water partition coefficient (Wildman–Crippen LogP) is 5.40. The van der Waals surface area contributed by atoms with Gasteiger partial charge in [0.05, 0.1) is 21.8 Å². The van der Waals surface area contributed by atoms with Crippen LogP contribution in [0.2, 0.25) is 5.02 Å². The van der Waals surface area contributed by atoms with Crippen molar-refractivity contribution in [1.82, 2.24) is 0 Å². The maximum absolute atomic E-state index is 13.3. The van der Waals surface area contributed by atoms with Crippen molar-refractivity contribution >= 4 is 40.6 Å². The second-order valence-electron chi connectivity index (χ2n) is 5.42. The largest absolute Gasteiger partial charge is 0.418 e. The number of halogens is 4. The van der Waals surface area contributed by atoms with E-state index in [1.54, 1.807) is 37.2 Å². The second kappa shape index (κ2) is 7.58. The summed E-state index contributed by atoms with van der Waals surface area (Å²) in [6.07, 6.45) is -2.77. The summed E-state index contributed by atoms with van der Waals surface area (Å²) >= 11 is 7.42. The van der Waals surface area contributed by atoms with E-state index in [1.165, 1.54) is 23.9 Å². The zero-order valence-corrected chi connectivity index (χ0v) is 15.3. The molecule has 2 rings (SSSR count). The van der Waals surface area contributed by atoms with Gasteiger partial charge in [-0.05, 0) is 42.7 Å². The van der Waals surface area contributed by atoms with Crippen LogP contribution in [0.25, 0.3) is 0 Å². The molecule has 0 aliphatic heterocycles. The van der Waals surface area contributed by atoms with Gasteiger partial charge in [-0.15, -0.1) is 11.8 Å². The van der Waals surface area contributed by atoms with Crippen LogP contribution < -0.4 is 10.2 Å². The molecule has 1 N–H and O–H groups in total. The lowest BCUT2D eigenvalue weighted by Gasteiger charge is -2.19. The molecule has 0 atom stereocenters. The third-order valence-electron chi connectivity index (χ3n) is 3.49. The fourth-order valence-electron chi connectivity index (χ4n) is 2.15. The maximum Gasteiger partial charge on any atom is 0.418 e. The summed E-state index contributed by atoms with van der Waals surface area (Å²) in [4.78, 5) is 14.8. The summed E-state index contributed by atoms with van der Waals surface area (Å²) in [5.41, 5.74) is -0.719. The lowest BCUT2D eigenvalue weighted by atomic mass is 10.1. The van der Waals surface area contributed by atoms with Gasteiger partial charge in [-0.1, -0.05) is 11.6 Å². The number of alkyl halides is 3. The lowest BCUT2D eigenvalue weighted by molar-refractivity contribution is -0.136. The molecular formula is C17H16ClF3N2OS. The van der Waals surface area contributed by atoms with Crippen LogP contribution in [0.1, 0.15) is 15.9 Å². The zero-order valence-electron chi connectivity index (χ0n) is 13.7. The number of thioether (sulfide) groups is 1. The fraction of sp³-hybridized carbons (Fsp3) is 0.235. The van der Waals surface area contributed by atoms with Crippen molar-refractivity contribution in [3.05, 3.63) is 52.5 Å². The minimum Gasteiger partial charge on any atom is -0.378 e. The number of carbonyl (C=O) groups excluding carboxylic acids is 1. The molecule has 1 amide bonds. The van der Waals surface area contributed by atoms with Gasteiger partial charge < -0.3 is 10.2 Å². The van der Waals surface area contributed by atoms with Gasteiger partial charge >= 0.3 is 6.18 Å². The smallest absolute Gasteiger partial charge is 0.378 e. The molecule has 3 nitrogen and oxygen atoms in total. The lowest BCUT2D eigenvalue weighted by Crippen LogP contribution is -2.18. The number of hydrogen-bond acceptors (Lipinski definition) is 3. The Bertz CT molecular complexity index is 794. The van der Waals surface area contributed by atoms with Gasteiger partial charge in [0.1, 0.15) is 0 Å². The quantitative estimate of drug-likeness (QED) is 0.712. The molecule has 0 heterocycles. The first-order chi connectivity index (χ1) is 11.6. The molecule has 2 aromatic rings. The summed E-state index contributed by atoms with van der Waals surface area (Å²) in [5.74, 6) is -0.691. The summed E-state index contributed by atoms with van der Waals surface area (Å²) in [5, 5.41) is 2.50. The van der Waals surface area contributed by atoms with E-state index < -0.39 is 17.6 Å². The van der Waals surface area contributed by atoms with Gasteiger partial charge in [0.2, 0.25) is 0 Å². The molecule has 134 valence electrons. The molecule has 0 bridgehead atoms. The third kappa shape index (κ3) is 4.61. The summed E-state index contributed by atoms with van der Waals surface area (Å²) < 4.78 is 40.0. The normalized spacial score (nSPS) is 11.3. The van der Waals surface area contributed by atoms with E-state index in [1.807, 2.05) is 6.26 Å². The Balaban J connectivity index is 2.41. The second-order valence-corrected chi connectivity index (χ2v) is 6.71. The molecule has 0 aromatic heterocycles. The summed E-state index contributed by atoms with van der Waals surface area (Å²) in [7, 11) is 3.28. The van der Waals surface area contributed by atoms with Crippen molar-refractivity contribution in [2.45, 2.75) is 11.1 Å². The molecule has 0 fully saturated rings. The molecule has 0 aliphatic rings. The van der Waals surface area contributed by atoms with Crippen molar-refractivity contribution < 1.29 is 18.0 Å². The van der Waals surface area contributed by atoms with E-state index in [0.29, 0.717) is 5.69 Å². The molecule has 0 aliphatic carbocycles. The van der Waals surface area contributed by atoms with Crippen molar-refractivity contribution in [1.29, 1.82) is 0 Å². The molecule has 0 spiro atoms. The number of hydrogen-bond donors (Lipinski definition) is 1. The molecule has 0 saturated carbocycles. The minimum atomic E-state index is -4.60. The molecule has 0 saturated heterocycles. The van der Waals surface area contributed by atoms with Gasteiger partial charge in [-0.2, -0.15) is 13.2 Å². The van der Waals surface area contributed by atoms with E-state index in [4.69, 9.17) is 11.6 Å². The van der Waals surface area contributed by atoms with Crippen LogP contribution in [0.4, 0.5) is 24.5 Å². The van der Waals surface area contributed by atoms with Crippen LogP contribution in [-0.2, 0) is 6.18 Å².